The fraction of sp³-hybridized carbons (Fsp3) is 0.296. The van der Waals surface area contributed by atoms with Crippen LogP contribution in [0.5, 0.6) is 17.2 Å². The van der Waals surface area contributed by atoms with Crippen molar-refractivity contribution in [2.24, 2.45) is 0 Å². The van der Waals surface area contributed by atoms with Gasteiger partial charge in [0.05, 0.1) is 36.0 Å². The van der Waals surface area contributed by atoms with Crippen molar-refractivity contribution in [1.29, 1.82) is 0 Å². The van der Waals surface area contributed by atoms with E-state index in [0.29, 0.717) is 22.9 Å². The smallest absolute Gasteiger partial charge is 0.228 e. The quantitative estimate of drug-likeness (QED) is 0.379. The number of nitrogens with one attached hydrogen (secondary N) is 1. The summed E-state index contributed by atoms with van der Waals surface area (Å²) in [5.41, 5.74) is 3.10. The number of carbonyl (C=O) groups is 1. The second-order valence-corrected chi connectivity index (χ2v) is 9.33. The molecule has 0 aliphatic heterocycles. The number of fused-ring (bicyclic) bond motifs is 1. The zero-order valence-corrected chi connectivity index (χ0v) is 20.4. The fourth-order valence-corrected chi connectivity index (χ4v) is 3.64. The van der Waals surface area contributed by atoms with Crippen LogP contribution in [0.15, 0.2) is 61.1 Å². The van der Waals surface area contributed by atoms with E-state index < -0.39 is 0 Å². The summed E-state index contributed by atoms with van der Waals surface area (Å²) >= 11 is 0. The lowest BCUT2D eigenvalue weighted by molar-refractivity contribution is -0.115. The lowest BCUT2D eigenvalue weighted by Crippen LogP contribution is -2.22. The van der Waals surface area contributed by atoms with Gasteiger partial charge in [0.25, 0.3) is 0 Å². The van der Waals surface area contributed by atoms with Crippen LogP contribution < -0.4 is 14.8 Å². The van der Waals surface area contributed by atoms with Gasteiger partial charge in [-0.05, 0) is 69.2 Å². The monoisotopic (exact) mass is 474 g/mol. The van der Waals surface area contributed by atoms with Gasteiger partial charge in [-0.25, -0.2) is 0 Å². The molecule has 0 atom stereocenters. The first-order valence-electron chi connectivity index (χ1n) is 11.5. The van der Waals surface area contributed by atoms with Gasteiger partial charge in [0.1, 0.15) is 23.9 Å². The van der Waals surface area contributed by atoms with E-state index >= 15 is 0 Å². The van der Waals surface area contributed by atoms with E-state index in [-0.39, 0.29) is 31.1 Å². The van der Waals surface area contributed by atoms with Crippen molar-refractivity contribution in [1.82, 2.24) is 14.8 Å². The Morgan fingerprint density at radius 3 is 2.66 bits per heavy atom. The Labute approximate surface area is 204 Å². The van der Waals surface area contributed by atoms with Gasteiger partial charge in [-0.3, -0.25) is 14.5 Å². The summed E-state index contributed by atoms with van der Waals surface area (Å²) in [6.07, 6.45) is 5.43. The van der Waals surface area contributed by atoms with E-state index in [1.807, 2.05) is 54.2 Å². The van der Waals surface area contributed by atoms with Crippen molar-refractivity contribution in [3.05, 3.63) is 72.2 Å². The Balaban J connectivity index is 1.46. The molecule has 8 nitrogen and oxygen atoms in total. The number of aryl methyl sites for hydroxylation is 1. The summed E-state index contributed by atoms with van der Waals surface area (Å²) in [7, 11) is 0. The number of ether oxygens (including phenoxy) is 2. The average molecular weight is 475 g/mol. The van der Waals surface area contributed by atoms with Crippen LogP contribution in [-0.4, -0.2) is 39.0 Å². The standard InChI is InChI=1S/C27H30N4O4/c1-18-13-19(14-26(33)30-20-16-29-31(17-20)27(2,3)4)5-8-24(18)35-25-9-10-28-23-7-6-21(15-22(23)25)34-12-11-32/h5-10,13,15-17,32H,11-12,14H2,1-4H3,(H,30,33). The third-order valence-electron chi connectivity index (χ3n) is 5.41. The van der Waals surface area contributed by atoms with E-state index in [4.69, 9.17) is 14.6 Å². The number of hydrogen-bond donors (Lipinski definition) is 2. The minimum Gasteiger partial charge on any atom is -0.491 e. The van der Waals surface area contributed by atoms with Crippen molar-refractivity contribution >= 4 is 22.5 Å². The highest BCUT2D eigenvalue weighted by molar-refractivity contribution is 5.92. The zero-order chi connectivity index (χ0) is 25.0. The normalized spacial score (nSPS) is 11.5. The Morgan fingerprint density at radius 2 is 1.94 bits per heavy atom. The molecule has 0 aliphatic rings. The average Bonchev–Trinajstić information content (AvgIpc) is 3.28. The minimum absolute atomic E-state index is 0.0570. The summed E-state index contributed by atoms with van der Waals surface area (Å²) in [5, 5.41) is 17.0. The molecule has 0 saturated carbocycles. The number of pyridine rings is 1. The first kappa shape index (κ1) is 24.2. The molecule has 182 valence electrons. The van der Waals surface area contributed by atoms with Crippen LogP contribution in [0.2, 0.25) is 0 Å². The Bertz CT molecular complexity index is 1340. The molecule has 8 heteroatoms. The Morgan fingerprint density at radius 1 is 1.11 bits per heavy atom. The van der Waals surface area contributed by atoms with Crippen molar-refractivity contribution in [3.8, 4) is 17.2 Å². The van der Waals surface area contributed by atoms with Gasteiger partial charge in [0.2, 0.25) is 5.91 Å². The molecule has 0 saturated heterocycles. The Hall–Kier alpha value is -3.91. The van der Waals surface area contributed by atoms with Gasteiger partial charge in [0, 0.05) is 17.8 Å². The van der Waals surface area contributed by atoms with Crippen molar-refractivity contribution in [2.45, 2.75) is 39.7 Å². The highest BCUT2D eigenvalue weighted by atomic mass is 16.5. The lowest BCUT2D eigenvalue weighted by Gasteiger charge is -2.18. The molecule has 0 unspecified atom stereocenters. The summed E-state index contributed by atoms with van der Waals surface area (Å²) in [4.78, 5) is 17.0. The molecule has 4 aromatic rings. The van der Waals surface area contributed by atoms with Crippen LogP contribution in [-0.2, 0) is 16.8 Å². The van der Waals surface area contributed by atoms with E-state index in [0.717, 1.165) is 22.0 Å². The van der Waals surface area contributed by atoms with E-state index in [2.05, 4.69) is 36.2 Å². The van der Waals surface area contributed by atoms with Crippen molar-refractivity contribution in [2.75, 3.05) is 18.5 Å². The molecule has 0 radical (unpaired) electrons. The lowest BCUT2D eigenvalue weighted by atomic mass is 10.1. The molecule has 2 aromatic carbocycles. The highest BCUT2D eigenvalue weighted by Crippen LogP contribution is 2.33. The number of aliphatic hydroxyl groups is 1. The van der Waals surface area contributed by atoms with Crippen LogP contribution in [0.4, 0.5) is 5.69 Å². The number of nitrogens with zero attached hydrogens (tertiary/aromatic N) is 3. The van der Waals surface area contributed by atoms with E-state index in [9.17, 15) is 4.79 Å². The molecular formula is C27H30N4O4. The third-order valence-corrected chi connectivity index (χ3v) is 5.41. The van der Waals surface area contributed by atoms with Crippen LogP contribution in [0.25, 0.3) is 10.9 Å². The zero-order valence-electron chi connectivity index (χ0n) is 20.4. The molecule has 0 aliphatic carbocycles. The minimum atomic E-state index is -0.149. The summed E-state index contributed by atoms with van der Waals surface area (Å²) in [6.45, 7) is 8.27. The molecule has 0 spiro atoms. The van der Waals surface area contributed by atoms with Crippen LogP contribution in [0.1, 0.15) is 31.9 Å². The van der Waals surface area contributed by atoms with Gasteiger partial charge < -0.3 is 19.9 Å². The number of amides is 1. The first-order valence-corrected chi connectivity index (χ1v) is 11.5. The topological polar surface area (TPSA) is 98.5 Å². The molecular weight excluding hydrogens is 444 g/mol. The fourth-order valence-electron chi connectivity index (χ4n) is 3.64. The largest absolute Gasteiger partial charge is 0.491 e. The van der Waals surface area contributed by atoms with Gasteiger partial charge in [0.15, 0.2) is 0 Å². The SMILES string of the molecule is Cc1cc(CC(=O)Nc2cnn(C(C)(C)C)c2)ccc1Oc1ccnc2ccc(OCCO)cc12. The number of aliphatic hydroxyl groups excluding tert-OH is 1. The molecule has 2 heterocycles. The number of carbonyl (C=O) groups excluding carboxylic acids is 1. The van der Waals surface area contributed by atoms with Crippen LogP contribution >= 0.6 is 0 Å². The maximum Gasteiger partial charge on any atom is 0.228 e. The molecule has 35 heavy (non-hydrogen) atoms. The second-order valence-electron chi connectivity index (χ2n) is 9.33. The highest BCUT2D eigenvalue weighted by Gasteiger charge is 2.15. The maximum atomic E-state index is 12.6. The van der Waals surface area contributed by atoms with Gasteiger partial charge in [-0.1, -0.05) is 12.1 Å². The number of anilines is 1. The second kappa shape index (κ2) is 10.1. The van der Waals surface area contributed by atoms with Gasteiger partial charge in [-0.15, -0.1) is 0 Å². The number of hydrogen-bond acceptors (Lipinski definition) is 6. The van der Waals surface area contributed by atoms with E-state index in [1.165, 1.54) is 0 Å². The van der Waals surface area contributed by atoms with Crippen LogP contribution in [0.3, 0.4) is 0 Å². The van der Waals surface area contributed by atoms with E-state index in [1.54, 1.807) is 18.5 Å². The van der Waals surface area contributed by atoms with Crippen molar-refractivity contribution in [3.63, 3.8) is 0 Å². The summed E-state index contributed by atoms with van der Waals surface area (Å²) in [5.74, 6) is 1.86. The predicted octanol–water partition coefficient (Wildman–Crippen LogP) is 4.84. The van der Waals surface area contributed by atoms with Crippen LogP contribution in [0, 0.1) is 6.92 Å². The molecule has 4 rings (SSSR count). The molecule has 2 aromatic heterocycles. The molecule has 1 amide bonds. The molecule has 0 bridgehead atoms. The number of rotatable bonds is 8. The first-order chi connectivity index (χ1) is 16.7. The number of aromatic nitrogens is 3. The van der Waals surface area contributed by atoms with Crippen molar-refractivity contribution < 1.29 is 19.4 Å². The molecule has 2 N–H and O–H groups in total. The van der Waals surface area contributed by atoms with Gasteiger partial charge in [-0.2, -0.15) is 5.10 Å². The maximum absolute atomic E-state index is 12.6. The third kappa shape index (κ3) is 5.96. The number of benzene rings is 2. The predicted molar refractivity (Wildman–Crippen MR) is 135 cm³/mol. The summed E-state index contributed by atoms with van der Waals surface area (Å²) in [6, 6.07) is 13.0. The van der Waals surface area contributed by atoms with Gasteiger partial charge >= 0.3 is 0 Å². The Kier molecular flexibility index (Phi) is 7.02. The summed E-state index contributed by atoms with van der Waals surface area (Å²) < 4.78 is 13.6. The molecule has 0 fully saturated rings.